The van der Waals surface area contributed by atoms with Gasteiger partial charge in [0.15, 0.2) is 5.82 Å². The second-order valence-corrected chi connectivity index (χ2v) is 7.71. The lowest BCUT2D eigenvalue weighted by Crippen LogP contribution is -2.49. The molecule has 0 aromatic carbocycles. The Bertz CT molecular complexity index is 778. The molecule has 0 N–H and O–H groups in total. The van der Waals surface area contributed by atoms with Gasteiger partial charge in [-0.05, 0) is 43.7 Å². The van der Waals surface area contributed by atoms with E-state index in [4.69, 9.17) is 9.47 Å². The van der Waals surface area contributed by atoms with Crippen molar-refractivity contribution in [2.75, 3.05) is 26.3 Å². The molecule has 2 aliphatic heterocycles. The zero-order chi connectivity index (χ0) is 18.7. The van der Waals surface area contributed by atoms with Crippen molar-refractivity contribution in [3.05, 3.63) is 40.7 Å². The van der Waals surface area contributed by atoms with E-state index >= 15 is 0 Å². The van der Waals surface area contributed by atoms with E-state index in [0.717, 1.165) is 32.3 Å². The van der Waals surface area contributed by atoms with Gasteiger partial charge in [-0.25, -0.2) is 14.4 Å². The van der Waals surface area contributed by atoms with Gasteiger partial charge >= 0.3 is 0 Å². The Balaban J connectivity index is 1.32. The summed E-state index contributed by atoms with van der Waals surface area (Å²) in [5.41, 5.74) is 2.00. The van der Waals surface area contributed by atoms with Crippen LogP contribution in [0.25, 0.3) is 0 Å². The van der Waals surface area contributed by atoms with E-state index in [1.54, 1.807) is 17.0 Å². The number of nitrogens with zero attached hydrogens (tertiary/aromatic N) is 3. The van der Waals surface area contributed by atoms with Crippen molar-refractivity contribution in [1.82, 2.24) is 14.9 Å². The minimum absolute atomic E-state index is 0.00499. The molecule has 2 aliphatic rings. The number of piperidine rings is 1. The van der Waals surface area contributed by atoms with Crippen LogP contribution in [0.5, 0.6) is 5.88 Å². The molecule has 4 rings (SSSR count). The summed E-state index contributed by atoms with van der Waals surface area (Å²) in [4.78, 5) is 22.4. The summed E-state index contributed by atoms with van der Waals surface area (Å²) >= 11 is 1.43. The molecule has 2 aromatic rings. The minimum atomic E-state index is -0.441. The van der Waals surface area contributed by atoms with Crippen LogP contribution < -0.4 is 4.74 Å². The number of carbonyl (C=O) groups is 1. The maximum absolute atomic E-state index is 13.6. The van der Waals surface area contributed by atoms with E-state index in [2.05, 4.69) is 9.97 Å². The van der Waals surface area contributed by atoms with Gasteiger partial charge in [0.1, 0.15) is 5.69 Å². The zero-order valence-electron chi connectivity index (χ0n) is 15.0. The first-order chi connectivity index (χ1) is 13.2. The van der Waals surface area contributed by atoms with Crippen LogP contribution in [-0.2, 0) is 4.74 Å². The maximum Gasteiger partial charge on any atom is 0.273 e. The van der Waals surface area contributed by atoms with Crippen molar-refractivity contribution in [3.8, 4) is 5.88 Å². The Hall–Kier alpha value is -2.06. The molecule has 0 aliphatic carbocycles. The number of hydrogen-bond donors (Lipinski definition) is 0. The third-order valence-electron chi connectivity index (χ3n) is 5.58. The second-order valence-electron chi connectivity index (χ2n) is 6.99. The quantitative estimate of drug-likeness (QED) is 0.783. The molecule has 144 valence electrons. The van der Waals surface area contributed by atoms with E-state index < -0.39 is 5.82 Å². The number of thiazole rings is 1. The number of likely N-dealkylation sites (tertiary alicyclic amines) is 1. The molecular weight excluding hydrogens is 369 g/mol. The largest absolute Gasteiger partial charge is 0.476 e. The van der Waals surface area contributed by atoms with Crippen molar-refractivity contribution in [2.24, 2.45) is 5.92 Å². The fourth-order valence-electron chi connectivity index (χ4n) is 4.09. The number of amides is 1. The van der Waals surface area contributed by atoms with Crippen molar-refractivity contribution in [3.63, 3.8) is 0 Å². The third kappa shape index (κ3) is 3.82. The number of halogens is 1. The summed E-state index contributed by atoms with van der Waals surface area (Å²) in [6.07, 6.45) is 4.90. The van der Waals surface area contributed by atoms with Crippen LogP contribution in [0.3, 0.4) is 0 Å². The van der Waals surface area contributed by atoms with Crippen LogP contribution in [0.2, 0.25) is 0 Å². The fourth-order valence-corrected chi connectivity index (χ4v) is 4.61. The Morgan fingerprint density at radius 2 is 2.26 bits per heavy atom. The molecule has 27 heavy (non-hydrogen) atoms. The van der Waals surface area contributed by atoms with Gasteiger partial charge in [0.05, 0.1) is 17.7 Å². The van der Waals surface area contributed by atoms with Gasteiger partial charge < -0.3 is 14.4 Å². The lowest BCUT2D eigenvalue weighted by atomic mass is 9.78. The monoisotopic (exact) mass is 391 g/mol. The van der Waals surface area contributed by atoms with Gasteiger partial charge in [-0.3, -0.25) is 4.79 Å². The third-order valence-corrected chi connectivity index (χ3v) is 6.16. The first kappa shape index (κ1) is 18.3. The van der Waals surface area contributed by atoms with Crippen LogP contribution in [0.15, 0.2) is 29.2 Å². The van der Waals surface area contributed by atoms with E-state index in [1.807, 2.05) is 4.90 Å². The van der Waals surface area contributed by atoms with Gasteiger partial charge in [0.25, 0.3) is 5.91 Å². The number of pyridine rings is 1. The van der Waals surface area contributed by atoms with Gasteiger partial charge in [-0.1, -0.05) is 0 Å². The smallest absolute Gasteiger partial charge is 0.273 e. The zero-order valence-corrected chi connectivity index (χ0v) is 15.8. The Morgan fingerprint density at radius 3 is 3.00 bits per heavy atom. The van der Waals surface area contributed by atoms with E-state index in [-0.39, 0.29) is 17.4 Å². The van der Waals surface area contributed by atoms with Crippen LogP contribution in [0.1, 0.15) is 36.2 Å². The van der Waals surface area contributed by atoms with E-state index in [1.165, 1.54) is 23.6 Å². The molecule has 0 saturated carbocycles. The van der Waals surface area contributed by atoms with Crippen LogP contribution >= 0.6 is 11.3 Å². The predicted octanol–water partition coefficient (Wildman–Crippen LogP) is 3.16. The fraction of sp³-hybridized carbons (Fsp3) is 0.526. The number of ether oxygens (including phenoxy) is 2. The standard InChI is InChI=1S/C19H22FN3O3S/c20-15-2-1-7-21-17(15)25-10-3-14-4-11-26-19(14)5-8-23(9-6-19)18(24)16-12-27-13-22-16/h1-2,7,12-14H,3-6,8-11H2. The summed E-state index contributed by atoms with van der Waals surface area (Å²) in [6, 6.07) is 2.89. The highest BCUT2D eigenvalue weighted by atomic mass is 32.1. The molecule has 0 radical (unpaired) electrons. The molecule has 4 heterocycles. The summed E-state index contributed by atoms with van der Waals surface area (Å²) in [7, 11) is 0. The van der Waals surface area contributed by atoms with Crippen molar-refractivity contribution in [1.29, 1.82) is 0 Å². The summed E-state index contributed by atoms with van der Waals surface area (Å²) < 4.78 is 25.3. The lowest BCUT2D eigenvalue weighted by molar-refractivity contribution is -0.0650. The second kappa shape index (κ2) is 7.90. The molecule has 8 heteroatoms. The number of rotatable bonds is 5. The first-order valence-electron chi connectivity index (χ1n) is 9.23. The van der Waals surface area contributed by atoms with Crippen molar-refractivity contribution >= 4 is 17.2 Å². The van der Waals surface area contributed by atoms with Crippen LogP contribution in [0, 0.1) is 11.7 Å². The SMILES string of the molecule is O=C(c1cscn1)N1CCC2(CC1)OCCC2CCOc1ncccc1F. The predicted molar refractivity (Wildman–Crippen MR) is 98.3 cm³/mol. The topological polar surface area (TPSA) is 64.6 Å². The highest BCUT2D eigenvalue weighted by molar-refractivity contribution is 7.07. The first-order valence-corrected chi connectivity index (χ1v) is 10.2. The van der Waals surface area contributed by atoms with Gasteiger partial charge in [0, 0.05) is 31.3 Å². The molecule has 2 aromatic heterocycles. The average Bonchev–Trinajstić information content (AvgIpc) is 3.35. The Labute approximate surface area is 161 Å². The Kier molecular flexibility index (Phi) is 5.36. The van der Waals surface area contributed by atoms with Crippen LogP contribution in [0.4, 0.5) is 4.39 Å². The molecule has 1 amide bonds. The number of hydrogen-bond acceptors (Lipinski definition) is 6. The van der Waals surface area contributed by atoms with E-state index in [9.17, 15) is 9.18 Å². The van der Waals surface area contributed by atoms with Gasteiger partial charge in [-0.2, -0.15) is 0 Å². The van der Waals surface area contributed by atoms with Gasteiger partial charge in [-0.15, -0.1) is 11.3 Å². The van der Waals surface area contributed by atoms with E-state index in [0.29, 0.717) is 31.3 Å². The molecule has 2 fully saturated rings. The molecule has 0 bridgehead atoms. The molecule has 1 spiro atoms. The molecule has 1 unspecified atom stereocenters. The van der Waals surface area contributed by atoms with Crippen LogP contribution in [-0.4, -0.2) is 52.7 Å². The average molecular weight is 391 g/mol. The van der Waals surface area contributed by atoms with Crippen molar-refractivity contribution < 1.29 is 18.7 Å². The molecule has 1 atom stereocenters. The number of carbonyl (C=O) groups excluding carboxylic acids is 1. The molecule has 2 saturated heterocycles. The van der Waals surface area contributed by atoms with Gasteiger partial charge in [0.2, 0.25) is 5.88 Å². The molecular formula is C19H22FN3O3S. The lowest BCUT2D eigenvalue weighted by Gasteiger charge is -2.42. The highest BCUT2D eigenvalue weighted by Gasteiger charge is 2.46. The maximum atomic E-state index is 13.6. The minimum Gasteiger partial charge on any atom is -0.476 e. The summed E-state index contributed by atoms with van der Waals surface area (Å²) in [6.45, 7) is 2.47. The van der Waals surface area contributed by atoms with Crippen molar-refractivity contribution in [2.45, 2.75) is 31.3 Å². The normalized spacial score (nSPS) is 21.5. The molecule has 6 nitrogen and oxygen atoms in total. The Morgan fingerprint density at radius 1 is 1.41 bits per heavy atom. The summed E-state index contributed by atoms with van der Waals surface area (Å²) in [5.74, 6) is -0.0479. The number of aromatic nitrogens is 2. The summed E-state index contributed by atoms with van der Waals surface area (Å²) in [5, 5.41) is 1.79. The highest BCUT2D eigenvalue weighted by Crippen LogP contribution is 2.42.